The Morgan fingerprint density at radius 1 is 0.500 bits per heavy atom. The lowest BCUT2D eigenvalue weighted by molar-refractivity contribution is 0.308. The van der Waals surface area contributed by atoms with E-state index in [2.05, 4.69) is 68.5 Å². The fourth-order valence-corrected chi connectivity index (χ4v) is 7.21. The summed E-state index contributed by atoms with van der Waals surface area (Å²) >= 11 is 0. The zero-order valence-electron chi connectivity index (χ0n) is 32.8. The number of aryl methyl sites for hydroxylation is 3. The van der Waals surface area contributed by atoms with Gasteiger partial charge < -0.3 is 9.47 Å². The Bertz CT molecular complexity index is 2420. The molecule has 2 heterocycles. The largest absolute Gasteiger partial charge is 0.477 e. The molecule has 2 aromatic heterocycles. The molecule has 0 amide bonds. The lowest BCUT2D eigenvalue weighted by Crippen LogP contribution is -2.08. The number of benzene rings is 5. The van der Waals surface area contributed by atoms with Crippen molar-refractivity contribution in [1.82, 2.24) is 19.9 Å². The maximum absolute atomic E-state index is 12.2. The van der Waals surface area contributed by atoms with Crippen LogP contribution in [0.4, 0.5) is 4.39 Å². The zero-order valence-corrected chi connectivity index (χ0v) is 33.6. The van der Waals surface area contributed by atoms with Crippen LogP contribution >= 0.6 is 0 Å². The van der Waals surface area contributed by atoms with Gasteiger partial charge in [0.05, 0.1) is 53.2 Å². The van der Waals surface area contributed by atoms with E-state index in [0.717, 1.165) is 65.9 Å². The van der Waals surface area contributed by atoms with E-state index in [9.17, 15) is 12.8 Å². The third kappa shape index (κ3) is 12.6. The Balaban J connectivity index is 0.000000208. The molecular formula is C47H49FN4O5S. The number of alkyl halides is 1. The quantitative estimate of drug-likeness (QED) is 0.0583. The van der Waals surface area contributed by atoms with Crippen molar-refractivity contribution in [2.24, 2.45) is 0 Å². The van der Waals surface area contributed by atoms with Gasteiger partial charge in [-0.25, -0.2) is 19.9 Å². The maximum Gasteiger partial charge on any atom is 0.296 e. The van der Waals surface area contributed by atoms with Crippen molar-refractivity contribution in [2.45, 2.75) is 63.2 Å². The van der Waals surface area contributed by atoms with Crippen LogP contribution in [0.2, 0.25) is 0 Å². The Morgan fingerprint density at radius 2 is 0.948 bits per heavy atom. The van der Waals surface area contributed by atoms with E-state index in [1.807, 2.05) is 55.5 Å². The first-order chi connectivity index (χ1) is 28.4. The summed E-state index contributed by atoms with van der Waals surface area (Å²) in [4.78, 5) is 17.2. The van der Waals surface area contributed by atoms with Gasteiger partial charge in [-0.15, -0.1) is 0 Å². The molecule has 0 aliphatic heterocycles. The molecule has 0 radical (unpaired) electrons. The number of halogens is 1. The summed E-state index contributed by atoms with van der Waals surface area (Å²) in [6.45, 7) is 2.98. The minimum absolute atomic E-state index is 0.184. The average molecular weight is 800 g/mol. The van der Waals surface area contributed by atoms with Crippen LogP contribution in [0, 0.1) is 6.92 Å². The van der Waals surface area contributed by atoms with E-state index in [1.165, 1.54) is 34.9 Å². The highest BCUT2D eigenvalue weighted by molar-refractivity contribution is 7.86. The van der Waals surface area contributed by atoms with Crippen molar-refractivity contribution in [3.8, 4) is 11.8 Å². The number of rotatable bonds is 19. The second kappa shape index (κ2) is 21.7. The van der Waals surface area contributed by atoms with Gasteiger partial charge in [0, 0.05) is 12.8 Å². The number of para-hydroxylation sites is 2. The van der Waals surface area contributed by atoms with Crippen LogP contribution in [0.1, 0.15) is 53.5 Å². The number of nitrogens with zero attached hydrogens (tertiary/aromatic N) is 4. The molecule has 0 saturated heterocycles. The van der Waals surface area contributed by atoms with Gasteiger partial charge in [0.1, 0.15) is 12.7 Å². The van der Waals surface area contributed by atoms with Gasteiger partial charge in [-0.3, -0.25) is 8.57 Å². The molecule has 0 bridgehead atoms. The second-order valence-electron chi connectivity index (χ2n) is 13.9. The summed E-state index contributed by atoms with van der Waals surface area (Å²) < 4.78 is 53.5. The monoisotopic (exact) mass is 799 g/mol. The van der Waals surface area contributed by atoms with Crippen LogP contribution in [0.15, 0.2) is 139 Å². The van der Waals surface area contributed by atoms with E-state index in [-0.39, 0.29) is 18.2 Å². The lowest BCUT2D eigenvalue weighted by Gasteiger charge is -2.08. The van der Waals surface area contributed by atoms with Gasteiger partial charge in [-0.05, 0) is 104 Å². The smallest absolute Gasteiger partial charge is 0.296 e. The maximum atomic E-state index is 12.2. The van der Waals surface area contributed by atoms with Crippen LogP contribution in [0.3, 0.4) is 0 Å². The highest BCUT2D eigenvalue weighted by Gasteiger charge is 2.14. The third-order valence-corrected chi connectivity index (χ3v) is 10.9. The average Bonchev–Trinajstić information content (AvgIpc) is 3.25. The normalized spacial score (nSPS) is 11.3. The Hall–Kier alpha value is -5.78. The Morgan fingerprint density at radius 3 is 1.43 bits per heavy atom. The van der Waals surface area contributed by atoms with E-state index >= 15 is 0 Å². The Kier molecular flexibility index (Phi) is 15.6. The molecule has 0 aliphatic carbocycles. The number of hydrogen-bond acceptors (Lipinski definition) is 9. The number of ether oxygens (including phenoxy) is 2. The van der Waals surface area contributed by atoms with Crippen molar-refractivity contribution < 1.29 is 26.5 Å². The molecule has 0 atom stereocenters. The summed E-state index contributed by atoms with van der Waals surface area (Å²) in [5.41, 5.74) is 7.66. The minimum Gasteiger partial charge on any atom is -0.477 e. The predicted octanol–water partition coefficient (Wildman–Crippen LogP) is 9.83. The van der Waals surface area contributed by atoms with Crippen molar-refractivity contribution in [1.29, 1.82) is 0 Å². The molecule has 0 aliphatic rings. The first-order valence-electron chi connectivity index (χ1n) is 19.7. The van der Waals surface area contributed by atoms with Gasteiger partial charge in [0.25, 0.3) is 10.1 Å². The molecule has 5 aromatic carbocycles. The molecule has 58 heavy (non-hydrogen) atoms. The standard InChI is InChI=1S/C27H28N2O4S.C20H21FN2O/c1-21-9-15-24(16-10-21)34(30,31)33-18-5-4-6-22-11-13-23(14-12-22)17-19-32-27-25-7-2-3-8-26(25)28-20-29-27;21-13-4-3-5-16-8-10-17(11-9-16)12-14-24-20-18-6-1-2-7-19(18)22-15-23-20/h2-3,7-16,20H,4-6,17-19H2,1H3;1-2,6-11,15H,3-5,12-14H2/i;21-1. The van der Waals surface area contributed by atoms with E-state index in [0.29, 0.717) is 37.8 Å². The first kappa shape index (κ1) is 41.8. The summed E-state index contributed by atoms with van der Waals surface area (Å²) in [6, 6.07) is 39.2. The fraction of sp³-hybridized carbons (Fsp3) is 0.277. The van der Waals surface area contributed by atoms with Crippen molar-refractivity contribution in [2.75, 3.05) is 26.5 Å². The van der Waals surface area contributed by atoms with Gasteiger partial charge in [-0.1, -0.05) is 90.5 Å². The molecule has 7 rings (SSSR count). The van der Waals surface area contributed by atoms with Crippen LogP contribution in [-0.2, 0) is 40.0 Å². The van der Waals surface area contributed by atoms with Gasteiger partial charge in [-0.2, -0.15) is 8.42 Å². The zero-order chi connectivity index (χ0) is 40.4. The number of unbranched alkanes of at least 4 members (excludes halogenated alkanes) is 2. The molecule has 0 fully saturated rings. The van der Waals surface area contributed by atoms with Gasteiger partial charge in [0.15, 0.2) is 0 Å². The third-order valence-electron chi connectivity index (χ3n) is 9.57. The molecule has 0 spiro atoms. The van der Waals surface area contributed by atoms with Crippen LogP contribution in [0.5, 0.6) is 11.8 Å². The second-order valence-corrected chi connectivity index (χ2v) is 15.5. The summed E-state index contributed by atoms with van der Waals surface area (Å²) in [5, 5.41) is 1.85. The highest BCUT2D eigenvalue weighted by Crippen LogP contribution is 2.22. The summed E-state index contributed by atoms with van der Waals surface area (Å²) in [7, 11) is -3.69. The minimum atomic E-state index is -3.69. The SMILES string of the molecule is Cc1ccc(S(=O)(=O)OCCCCc2ccc(CCOc3ncnc4ccccc34)cc2)cc1.[18F]CCCCc1ccc(CCOc2ncnc3ccccc23)cc1. The topological polar surface area (TPSA) is 113 Å². The Labute approximate surface area is 340 Å². The van der Waals surface area contributed by atoms with Crippen LogP contribution < -0.4 is 9.47 Å². The number of hydrogen-bond donors (Lipinski definition) is 0. The summed E-state index contributed by atoms with van der Waals surface area (Å²) in [5.74, 6) is 1.23. The molecule has 0 saturated carbocycles. The molecule has 0 N–H and O–H groups in total. The molecule has 11 heteroatoms. The first-order valence-corrected chi connectivity index (χ1v) is 21.1. The number of fused-ring (bicyclic) bond motifs is 2. The predicted molar refractivity (Wildman–Crippen MR) is 227 cm³/mol. The van der Waals surface area contributed by atoms with Gasteiger partial charge >= 0.3 is 0 Å². The van der Waals surface area contributed by atoms with E-state index < -0.39 is 10.1 Å². The van der Waals surface area contributed by atoms with E-state index in [4.69, 9.17) is 13.7 Å². The van der Waals surface area contributed by atoms with Crippen molar-refractivity contribution in [3.63, 3.8) is 0 Å². The van der Waals surface area contributed by atoms with Crippen molar-refractivity contribution in [3.05, 3.63) is 162 Å². The molecule has 300 valence electrons. The molecular weight excluding hydrogens is 751 g/mol. The van der Waals surface area contributed by atoms with Gasteiger partial charge in [0.2, 0.25) is 11.8 Å². The molecule has 7 aromatic rings. The van der Waals surface area contributed by atoms with Crippen LogP contribution in [-0.4, -0.2) is 54.8 Å². The van der Waals surface area contributed by atoms with Crippen LogP contribution in [0.25, 0.3) is 21.8 Å². The number of aromatic nitrogens is 4. The molecule has 0 unspecified atom stereocenters. The molecule has 9 nitrogen and oxygen atoms in total. The highest BCUT2D eigenvalue weighted by atomic mass is 32.2. The fourth-order valence-electron chi connectivity index (χ4n) is 6.26. The van der Waals surface area contributed by atoms with Crippen molar-refractivity contribution >= 4 is 31.9 Å². The summed E-state index contributed by atoms with van der Waals surface area (Å²) in [6.07, 6.45) is 9.54. The van der Waals surface area contributed by atoms with E-state index in [1.54, 1.807) is 24.3 Å². The lowest BCUT2D eigenvalue weighted by atomic mass is 10.1.